The van der Waals surface area contributed by atoms with E-state index < -0.39 is 0 Å². The Morgan fingerprint density at radius 1 is 1.50 bits per heavy atom. The second-order valence-electron chi connectivity index (χ2n) is 5.73. The summed E-state index contributed by atoms with van der Waals surface area (Å²) in [6.45, 7) is 8.83. The number of ether oxygens (including phenoxy) is 2. The van der Waals surface area contributed by atoms with Crippen LogP contribution < -0.4 is 5.73 Å². The third kappa shape index (κ3) is 3.05. The van der Waals surface area contributed by atoms with E-state index in [1.807, 2.05) is 0 Å². The van der Waals surface area contributed by atoms with Crippen LogP contribution in [0.3, 0.4) is 0 Å². The van der Waals surface area contributed by atoms with Crippen LogP contribution in [0.5, 0.6) is 0 Å². The average Bonchev–Trinajstić information content (AvgIpc) is 2.39. The van der Waals surface area contributed by atoms with Gasteiger partial charge in [-0.2, -0.15) is 0 Å². The lowest BCUT2D eigenvalue weighted by molar-refractivity contribution is -0.0926. The SMILES string of the molecule is CCOC1CCCN(C2(CN)CCOC(C)C2)C1. The summed E-state index contributed by atoms with van der Waals surface area (Å²) in [5, 5.41) is 0. The molecule has 3 atom stereocenters. The maximum atomic E-state index is 6.11. The topological polar surface area (TPSA) is 47.7 Å². The van der Waals surface area contributed by atoms with Crippen molar-refractivity contribution in [2.45, 2.75) is 57.3 Å². The minimum absolute atomic E-state index is 0.146. The second-order valence-corrected chi connectivity index (χ2v) is 5.73. The number of nitrogens with two attached hydrogens (primary N) is 1. The predicted molar refractivity (Wildman–Crippen MR) is 72.7 cm³/mol. The van der Waals surface area contributed by atoms with E-state index in [4.69, 9.17) is 15.2 Å². The maximum absolute atomic E-state index is 6.11. The first-order valence-corrected chi connectivity index (χ1v) is 7.38. The molecule has 2 aliphatic heterocycles. The lowest BCUT2D eigenvalue weighted by atomic mass is 9.83. The molecule has 2 fully saturated rings. The van der Waals surface area contributed by atoms with Crippen molar-refractivity contribution in [2.24, 2.45) is 5.73 Å². The highest BCUT2D eigenvalue weighted by Crippen LogP contribution is 2.32. The normalized spacial score (nSPS) is 38.8. The molecular formula is C14H28N2O2. The Balaban J connectivity index is 2.02. The molecule has 2 heterocycles. The van der Waals surface area contributed by atoms with Gasteiger partial charge in [-0.1, -0.05) is 0 Å². The van der Waals surface area contributed by atoms with Crippen molar-refractivity contribution < 1.29 is 9.47 Å². The second kappa shape index (κ2) is 6.33. The fourth-order valence-electron chi connectivity index (χ4n) is 3.49. The third-order valence-corrected chi connectivity index (χ3v) is 4.47. The average molecular weight is 256 g/mol. The van der Waals surface area contributed by atoms with Gasteiger partial charge in [-0.15, -0.1) is 0 Å². The van der Waals surface area contributed by atoms with E-state index in [1.165, 1.54) is 12.8 Å². The molecule has 4 nitrogen and oxygen atoms in total. The fourth-order valence-corrected chi connectivity index (χ4v) is 3.49. The van der Waals surface area contributed by atoms with Crippen LogP contribution in [0.1, 0.15) is 39.5 Å². The van der Waals surface area contributed by atoms with Gasteiger partial charge in [0, 0.05) is 31.8 Å². The molecule has 4 heteroatoms. The molecule has 0 aromatic carbocycles. The molecule has 0 aromatic heterocycles. The summed E-state index contributed by atoms with van der Waals surface area (Å²) in [6.07, 6.45) is 5.26. The van der Waals surface area contributed by atoms with Crippen LogP contribution >= 0.6 is 0 Å². The number of piperidine rings is 1. The van der Waals surface area contributed by atoms with Crippen molar-refractivity contribution in [3.8, 4) is 0 Å². The van der Waals surface area contributed by atoms with Crippen LogP contribution in [0.2, 0.25) is 0 Å². The molecule has 0 aliphatic carbocycles. The molecule has 0 aromatic rings. The van der Waals surface area contributed by atoms with Gasteiger partial charge in [0.2, 0.25) is 0 Å². The molecule has 0 bridgehead atoms. The van der Waals surface area contributed by atoms with Crippen molar-refractivity contribution in [1.82, 2.24) is 4.90 Å². The molecule has 2 saturated heterocycles. The Morgan fingerprint density at radius 3 is 3.00 bits per heavy atom. The Bertz CT molecular complexity index is 260. The Hall–Kier alpha value is -0.160. The van der Waals surface area contributed by atoms with Gasteiger partial charge in [-0.25, -0.2) is 0 Å². The van der Waals surface area contributed by atoms with Gasteiger partial charge in [-0.05, 0) is 46.1 Å². The molecular weight excluding hydrogens is 228 g/mol. The summed E-state index contributed by atoms with van der Waals surface area (Å²) in [7, 11) is 0. The van der Waals surface area contributed by atoms with Crippen LogP contribution in [0.4, 0.5) is 0 Å². The van der Waals surface area contributed by atoms with Crippen molar-refractivity contribution >= 4 is 0 Å². The van der Waals surface area contributed by atoms with E-state index in [2.05, 4.69) is 18.7 Å². The summed E-state index contributed by atoms with van der Waals surface area (Å²) in [5.41, 5.74) is 6.26. The molecule has 106 valence electrons. The molecule has 2 N–H and O–H groups in total. The van der Waals surface area contributed by atoms with Crippen LogP contribution in [0.15, 0.2) is 0 Å². The molecule has 3 unspecified atom stereocenters. The van der Waals surface area contributed by atoms with Crippen molar-refractivity contribution in [3.05, 3.63) is 0 Å². The Morgan fingerprint density at radius 2 is 2.33 bits per heavy atom. The highest BCUT2D eigenvalue weighted by molar-refractivity contribution is 4.97. The van der Waals surface area contributed by atoms with Gasteiger partial charge in [0.1, 0.15) is 0 Å². The van der Waals surface area contributed by atoms with E-state index in [1.54, 1.807) is 0 Å². The smallest absolute Gasteiger partial charge is 0.0702 e. The molecule has 0 amide bonds. The monoisotopic (exact) mass is 256 g/mol. The van der Waals surface area contributed by atoms with Gasteiger partial charge >= 0.3 is 0 Å². The molecule has 2 aliphatic rings. The number of hydrogen-bond acceptors (Lipinski definition) is 4. The minimum atomic E-state index is 0.146. The van der Waals surface area contributed by atoms with Crippen LogP contribution in [-0.2, 0) is 9.47 Å². The summed E-state index contributed by atoms with van der Waals surface area (Å²) in [5.74, 6) is 0. The first-order chi connectivity index (χ1) is 8.70. The van der Waals surface area contributed by atoms with E-state index in [-0.39, 0.29) is 5.54 Å². The molecule has 0 saturated carbocycles. The minimum Gasteiger partial charge on any atom is -0.378 e. The largest absolute Gasteiger partial charge is 0.378 e. The number of hydrogen-bond donors (Lipinski definition) is 1. The summed E-state index contributed by atoms with van der Waals surface area (Å²) in [4.78, 5) is 2.58. The zero-order valence-electron chi connectivity index (χ0n) is 11.9. The Labute approximate surface area is 111 Å². The quantitative estimate of drug-likeness (QED) is 0.825. The van der Waals surface area contributed by atoms with Gasteiger partial charge < -0.3 is 15.2 Å². The molecule has 0 radical (unpaired) electrons. The maximum Gasteiger partial charge on any atom is 0.0702 e. The van der Waals surface area contributed by atoms with Gasteiger partial charge in [-0.3, -0.25) is 4.90 Å². The third-order valence-electron chi connectivity index (χ3n) is 4.47. The zero-order chi connectivity index (χ0) is 13.0. The first kappa shape index (κ1) is 14.3. The fraction of sp³-hybridized carbons (Fsp3) is 1.00. The summed E-state index contributed by atoms with van der Waals surface area (Å²) in [6, 6.07) is 0. The van der Waals surface area contributed by atoms with Gasteiger partial charge in [0.15, 0.2) is 0 Å². The van der Waals surface area contributed by atoms with E-state index in [0.29, 0.717) is 12.2 Å². The van der Waals surface area contributed by atoms with Crippen molar-refractivity contribution in [3.63, 3.8) is 0 Å². The lowest BCUT2D eigenvalue weighted by Gasteiger charge is -2.50. The molecule has 18 heavy (non-hydrogen) atoms. The Kier molecular flexibility index (Phi) is 5.01. The molecule has 2 rings (SSSR count). The van der Waals surface area contributed by atoms with Gasteiger partial charge in [0.25, 0.3) is 0 Å². The standard InChI is InChI=1S/C14H28N2O2/c1-3-17-13-5-4-7-16(10-13)14(11-15)6-8-18-12(2)9-14/h12-13H,3-11,15H2,1-2H3. The van der Waals surface area contributed by atoms with E-state index in [9.17, 15) is 0 Å². The van der Waals surface area contributed by atoms with E-state index >= 15 is 0 Å². The number of nitrogens with zero attached hydrogens (tertiary/aromatic N) is 1. The summed E-state index contributed by atoms with van der Waals surface area (Å²) >= 11 is 0. The first-order valence-electron chi connectivity index (χ1n) is 7.38. The zero-order valence-corrected chi connectivity index (χ0v) is 11.9. The van der Waals surface area contributed by atoms with Crippen molar-refractivity contribution in [1.29, 1.82) is 0 Å². The van der Waals surface area contributed by atoms with Crippen LogP contribution in [-0.4, -0.2) is 55.5 Å². The highest BCUT2D eigenvalue weighted by atomic mass is 16.5. The highest BCUT2D eigenvalue weighted by Gasteiger charge is 2.41. The summed E-state index contributed by atoms with van der Waals surface area (Å²) < 4.78 is 11.5. The lowest BCUT2D eigenvalue weighted by Crippen LogP contribution is -2.61. The van der Waals surface area contributed by atoms with Crippen LogP contribution in [0.25, 0.3) is 0 Å². The predicted octanol–water partition coefficient (Wildman–Crippen LogP) is 1.38. The van der Waals surface area contributed by atoms with Gasteiger partial charge in [0.05, 0.1) is 12.2 Å². The number of rotatable bonds is 4. The molecule has 0 spiro atoms. The van der Waals surface area contributed by atoms with E-state index in [0.717, 1.165) is 45.7 Å². The number of likely N-dealkylation sites (tertiary alicyclic amines) is 1. The van der Waals surface area contributed by atoms with Crippen molar-refractivity contribution in [2.75, 3.05) is 32.8 Å². The van der Waals surface area contributed by atoms with Crippen LogP contribution in [0, 0.1) is 0 Å².